The Labute approximate surface area is 108 Å². The van der Waals surface area contributed by atoms with Crippen LogP contribution in [0.3, 0.4) is 0 Å². The Morgan fingerprint density at radius 3 is 2.94 bits per heavy atom. The van der Waals surface area contributed by atoms with E-state index in [-0.39, 0.29) is 0 Å². The van der Waals surface area contributed by atoms with Gasteiger partial charge in [-0.05, 0) is 18.4 Å². The predicted octanol–water partition coefficient (Wildman–Crippen LogP) is 4.13. The van der Waals surface area contributed by atoms with Gasteiger partial charge in [0, 0.05) is 10.6 Å². The lowest BCUT2D eigenvalue weighted by Crippen LogP contribution is -1.99. The quantitative estimate of drug-likeness (QED) is 0.846. The molecule has 0 spiro atoms. The van der Waals surface area contributed by atoms with Crippen LogP contribution >= 0.6 is 34.7 Å². The third-order valence-corrected chi connectivity index (χ3v) is 3.97. The molecule has 5 heteroatoms. The topological polar surface area (TPSA) is 24.9 Å². The highest BCUT2D eigenvalue weighted by Gasteiger charge is 2.02. The van der Waals surface area contributed by atoms with Gasteiger partial charge in [0.15, 0.2) is 0 Å². The molecule has 0 amide bonds. The van der Waals surface area contributed by atoms with Crippen LogP contribution in [0, 0.1) is 0 Å². The van der Waals surface area contributed by atoms with E-state index in [1.807, 2.05) is 12.1 Å². The highest BCUT2D eigenvalue weighted by molar-refractivity contribution is 7.98. The first-order valence-electron chi connectivity index (χ1n) is 4.76. The highest BCUT2D eigenvalue weighted by Crippen LogP contribution is 2.26. The molecule has 0 unspecified atom stereocenters. The summed E-state index contributed by atoms with van der Waals surface area (Å²) in [7, 11) is 0. The number of thiazole rings is 1. The summed E-state index contributed by atoms with van der Waals surface area (Å²) >= 11 is 9.06. The zero-order valence-corrected chi connectivity index (χ0v) is 11.1. The molecule has 0 fully saturated rings. The summed E-state index contributed by atoms with van der Waals surface area (Å²) in [6.45, 7) is 0.717. The van der Waals surface area contributed by atoms with Crippen LogP contribution in [-0.2, 0) is 6.54 Å². The molecule has 0 aliphatic heterocycles. The summed E-state index contributed by atoms with van der Waals surface area (Å²) in [5, 5.41) is 4.36. The zero-order valence-electron chi connectivity index (χ0n) is 8.74. The molecule has 0 aliphatic carbocycles. The van der Waals surface area contributed by atoms with Crippen molar-refractivity contribution < 1.29 is 0 Å². The average Bonchev–Trinajstić information content (AvgIpc) is 2.73. The van der Waals surface area contributed by atoms with E-state index in [1.165, 1.54) is 16.2 Å². The summed E-state index contributed by atoms with van der Waals surface area (Å²) in [5.41, 5.74) is 1.14. The van der Waals surface area contributed by atoms with Crippen molar-refractivity contribution >= 4 is 40.4 Å². The number of nitrogens with one attached hydrogen (secondary N) is 1. The lowest BCUT2D eigenvalue weighted by atomic mass is 10.3. The van der Waals surface area contributed by atoms with Crippen LogP contribution in [0.4, 0.5) is 5.69 Å². The number of para-hydroxylation sites is 1. The molecular weight excluding hydrogens is 260 g/mol. The van der Waals surface area contributed by atoms with Crippen molar-refractivity contribution in [1.29, 1.82) is 0 Å². The van der Waals surface area contributed by atoms with Crippen LogP contribution in [0.25, 0.3) is 0 Å². The highest BCUT2D eigenvalue weighted by atomic mass is 35.5. The first-order chi connectivity index (χ1) is 7.79. The minimum atomic E-state index is 0.717. The summed E-state index contributed by atoms with van der Waals surface area (Å²) in [5.74, 6) is 0. The zero-order chi connectivity index (χ0) is 11.4. The molecule has 0 saturated carbocycles. The summed E-state index contributed by atoms with van der Waals surface area (Å²) in [6.07, 6.45) is 3.75. The summed E-state index contributed by atoms with van der Waals surface area (Å²) < 4.78 is 0.731. The number of hydrogen-bond acceptors (Lipinski definition) is 4. The number of hydrogen-bond donors (Lipinski definition) is 1. The molecule has 2 aromatic rings. The van der Waals surface area contributed by atoms with Crippen molar-refractivity contribution in [1.82, 2.24) is 4.98 Å². The van der Waals surface area contributed by atoms with Crippen LogP contribution in [0.5, 0.6) is 0 Å². The van der Waals surface area contributed by atoms with E-state index in [4.69, 9.17) is 11.6 Å². The molecule has 1 aromatic heterocycles. The van der Waals surface area contributed by atoms with Crippen molar-refractivity contribution in [2.45, 2.75) is 11.4 Å². The molecule has 84 valence electrons. The van der Waals surface area contributed by atoms with E-state index in [2.05, 4.69) is 28.7 Å². The van der Waals surface area contributed by atoms with Crippen LogP contribution < -0.4 is 5.32 Å². The van der Waals surface area contributed by atoms with E-state index >= 15 is 0 Å². The minimum absolute atomic E-state index is 0.717. The van der Waals surface area contributed by atoms with Gasteiger partial charge in [0.2, 0.25) is 0 Å². The number of rotatable bonds is 4. The average molecular weight is 271 g/mol. The van der Waals surface area contributed by atoms with Crippen LogP contribution in [0.1, 0.15) is 5.01 Å². The lowest BCUT2D eigenvalue weighted by Gasteiger charge is -2.08. The molecule has 2 nitrogen and oxygen atoms in total. The number of halogens is 1. The number of benzene rings is 1. The molecular formula is C11H11ClN2S2. The fourth-order valence-corrected chi connectivity index (χ4v) is 2.80. The van der Waals surface area contributed by atoms with Crippen molar-refractivity contribution in [2.24, 2.45) is 0 Å². The van der Waals surface area contributed by atoms with E-state index < -0.39 is 0 Å². The van der Waals surface area contributed by atoms with Gasteiger partial charge < -0.3 is 5.32 Å². The van der Waals surface area contributed by atoms with Crippen molar-refractivity contribution in [3.8, 4) is 0 Å². The summed E-state index contributed by atoms with van der Waals surface area (Å²) in [6, 6.07) is 8.23. The van der Waals surface area contributed by atoms with Crippen LogP contribution in [-0.4, -0.2) is 11.2 Å². The van der Waals surface area contributed by atoms with Gasteiger partial charge in [0.25, 0.3) is 0 Å². The Morgan fingerprint density at radius 2 is 2.25 bits per heavy atom. The van der Waals surface area contributed by atoms with Crippen LogP contribution in [0.2, 0.25) is 4.34 Å². The van der Waals surface area contributed by atoms with Gasteiger partial charge >= 0.3 is 0 Å². The van der Waals surface area contributed by atoms with Gasteiger partial charge in [0.1, 0.15) is 9.34 Å². The summed E-state index contributed by atoms with van der Waals surface area (Å²) in [4.78, 5) is 5.44. The molecule has 1 heterocycles. The molecule has 0 atom stereocenters. The smallest absolute Gasteiger partial charge is 0.113 e. The number of nitrogens with zero attached hydrogens (tertiary/aromatic N) is 1. The van der Waals surface area contributed by atoms with E-state index in [9.17, 15) is 0 Å². The second kappa shape index (κ2) is 5.57. The molecule has 0 bridgehead atoms. The Bertz CT molecular complexity index is 471. The number of aromatic nitrogens is 1. The Balaban J connectivity index is 2.04. The van der Waals surface area contributed by atoms with Gasteiger partial charge in [-0.15, -0.1) is 23.1 Å². The second-order valence-corrected chi connectivity index (χ2v) is 5.71. The Kier molecular flexibility index (Phi) is 4.09. The largest absolute Gasteiger partial charge is 0.378 e. The van der Waals surface area contributed by atoms with E-state index in [0.717, 1.165) is 21.6 Å². The molecule has 16 heavy (non-hydrogen) atoms. The van der Waals surface area contributed by atoms with Gasteiger partial charge in [0.05, 0.1) is 12.7 Å². The maximum absolute atomic E-state index is 5.82. The fraction of sp³-hybridized carbons (Fsp3) is 0.182. The van der Waals surface area contributed by atoms with Crippen molar-refractivity contribution in [3.63, 3.8) is 0 Å². The van der Waals surface area contributed by atoms with Gasteiger partial charge in [-0.25, -0.2) is 4.98 Å². The third kappa shape index (κ3) is 2.90. The van der Waals surface area contributed by atoms with Crippen molar-refractivity contribution in [2.75, 3.05) is 11.6 Å². The normalized spacial score (nSPS) is 10.4. The maximum atomic E-state index is 5.82. The van der Waals surface area contributed by atoms with E-state index in [0.29, 0.717) is 0 Å². The monoisotopic (exact) mass is 270 g/mol. The molecule has 0 radical (unpaired) electrons. The van der Waals surface area contributed by atoms with Gasteiger partial charge in [-0.3, -0.25) is 0 Å². The maximum Gasteiger partial charge on any atom is 0.113 e. The SMILES string of the molecule is CSc1ccccc1NCc1ncc(Cl)s1. The standard InChI is InChI=1S/C11H11ClN2S2/c1-15-9-5-3-2-4-8(9)13-7-11-14-6-10(12)16-11/h2-6,13H,7H2,1H3. The fourth-order valence-electron chi connectivity index (χ4n) is 1.33. The molecule has 0 saturated heterocycles. The molecule has 0 aliphatic rings. The van der Waals surface area contributed by atoms with Crippen molar-refractivity contribution in [3.05, 3.63) is 39.8 Å². The van der Waals surface area contributed by atoms with E-state index in [1.54, 1.807) is 18.0 Å². The van der Waals surface area contributed by atoms with Crippen LogP contribution in [0.15, 0.2) is 35.4 Å². The van der Waals surface area contributed by atoms with Gasteiger partial charge in [-0.1, -0.05) is 23.7 Å². The predicted molar refractivity (Wildman–Crippen MR) is 72.7 cm³/mol. The molecule has 1 aromatic carbocycles. The number of anilines is 1. The Hall–Kier alpha value is -0.710. The van der Waals surface area contributed by atoms with Gasteiger partial charge in [-0.2, -0.15) is 0 Å². The first kappa shape index (κ1) is 11.8. The first-order valence-corrected chi connectivity index (χ1v) is 7.18. The molecule has 1 N–H and O–H groups in total. The third-order valence-electron chi connectivity index (χ3n) is 2.06. The number of thioether (sulfide) groups is 1. The second-order valence-electron chi connectivity index (χ2n) is 3.11. The lowest BCUT2D eigenvalue weighted by molar-refractivity contribution is 1.09. The Morgan fingerprint density at radius 1 is 1.44 bits per heavy atom. The molecule has 2 rings (SSSR count). The minimum Gasteiger partial charge on any atom is -0.378 e.